The van der Waals surface area contributed by atoms with Crippen LogP contribution in [-0.4, -0.2) is 28.7 Å². The summed E-state index contributed by atoms with van der Waals surface area (Å²) in [4.78, 5) is 17.4. The second-order valence-corrected chi connectivity index (χ2v) is 4.75. The van der Waals surface area contributed by atoms with Crippen molar-refractivity contribution in [3.63, 3.8) is 0 Å². The van der Waals surface area contributed by atoms with E-state index >= 15 is 0 Å². The van der Waals surface area contributed by atoms with Crippen LogP contribution in [0.25, 0.3) is 0 Å². The van der Waals surface area contributed by atoms with Crippen LogP contribution in [0.3, 0.4) is 0 Å². The highest BCUT2D eigenvalue weighted by Gasteiger charge is 2.23. The Morgan fingerprint density at radius 1 is 1.62 bits per heavy atom. The Morgan fingerprint density at radius 2 is 2.44 bits per heavy atom. The van der Waals surface area contributed by atoms with Gasteiger partial charge in [-0.2, -0.15) is 0 Å². The molecule has 5 heteroatoms. The molecule has 1 fully saturated rings. The average Bonchev–Trinajstić information content (AvgIpc) is 2.87. The molecule has 2 rings (SSSR count). The summed E-state index contributed by atoms with van der Waals surface area (Å²) in [5.41, 5.74) is 0.690. The number of aryl methyl sites for hydroxylation is 1. The topological polar surface area (TPSA) is 34.5 Å². The van der Waals surface area contributed by atoms with E-state index in [0.717, 1.165) is 23.9 Å². The SMILES string of the molecule is CCCn1cc(Br)cc1C(=O)N1CCCO1. The van der Waals surface area contributed by atoms with Crippen molar-refractivity contribution >= 4 is 21.8 Å². The third kappa shape index (κ3) is 2.30. The number of hydrogen-bond donors (Lipinski definition) is 0. The zero-order chi connectivity index (χ0) is 11.5. The van der Waals surface area contributed by atoms with Gasteiger partial charge in [0.2, 0.25) is 0 Å². The van der Waals surface area contributed by atoms with E-state index in [1.807, 2.05) is 16.8 Å². The Morgan fingerprint density at radius 3 is 3.06 bits per heavy atom. The van der Waals surface area contributed by atoms with Crippen LogP contribution in [0.15, 0.2) is 16.7 Å². The van der Waals surface area contributed by atoms with Crippen molar-refractivity contribution in [2.45, 2.75) is 26.3 Å². The lowest BCUT2D eigenvalue weighted by atomic mass is 10.3. The summed E-state index contributed by atoms with van der Waals surface area (Å²) in [5.74, 6) is -0.0448. The van der Waals surface area contributed by atoms with Gasteiger partial charge in [0, 0.05) is 17.2 Å². The summed E-state index contributed by atoms with van der Waals surface area (Å²) in [6, 6.07) is 1.85. The van der Waals surface area contributed by atoms with Gasteiger partial charge in [-0.05, 0) is 34.8 Å². The van der Waals surface area contributed by atoms with Crippen molar-refractivity contribution in [3.05, 3.63) is 22.4 Å². The van der Waals surface area contributed by atoms with Gasteiger partial charge in [0.25, 0.3) is 5.91 Å². The van der Waals surface area contributed by atoms with Gasteiger partial charge >= 0.3 is 0 Å². The highest BCUT2D eigenvalue weighted by molar-refractivity contribution is 9.10. The van der Waals surface area contributed by atoms with Crippen LogP contribution in [0.5, 0.6) is 0 Å². The molecule has 0 aromatic carbocycles. The molecule has 16 heavy (non-hydrogen) atoms. The van der Waals surface area contributed by atoms with Gasteiger partial charge in [0.15, 0.2) is 0 Å². The van der Waals surface area contributed by atoms with Crippen LogP contribution < -0.4 is 0 Å². The molecule has 1 aliphatic rings. The molecule has 88 valence electrons. The van der Waals surface area contributed by atoms with Crippen molar-refractivity contribution in [2.24, 2.45) is 0 Å². The molecule has 0 bridgehead atoms. The van der Waals surface area contributed by atoms with Crippen molar-refractivity contribution in [2.75, 3.05) is 13.2 Å². The molecule has 0 unspecified atom stereocenters. The first kappa shape index (κ1) is 11.7. The molecule has 0 radical (unpaired) electrons. The fourth-order valence-electron chi connectivity index (χ4n) is 1.82. The Kier molecular flexibility index (Phi) is 3.66. The third-order valence-electron chi connectivity index (χ3n) is 2.53. The number of aromatic nitrogens is 1. The van der Waals surface area contributed by atoms with Crippen molar-refractivity contribution < 1.29 is 9.63 Å². The van der Waals surface area contributed by atoms with Gasteiger partial charge < -0.3 is 4.57 Å². The predicted octanol–water partition coefficient (Wildman–Crippen LogP) is 2.44. The average molecular weight is 287 g/mol. The summed E-state index contributed by atoms with van der Waals surface area (Å²) in [7, 11) is 0. The Bertz CT molecular complexity index is 383. The fraction of sp³-hybridized carbons (Fsp3) is 0.545. The number of rotatable bonds is 3. The molecule has 2 heterocycles. The number of carbonyl (C=O) groups excluding carboxylic acids is 1. The van der Waals surface area contributed by atoms with E-state index < -0.39 is 0 Å². The molecule has 1 amide bonds. The predicted molar refractivity (Wildman–Crippen MR) is 64.0 cm³/mol. The number of hydrogen-bond acceptors (Lipinski definition) is 2. The van der Waals surface area contributed by atoms with E-state index in [0.29, 0.717) is 18.8 Å². The van der Waals surface area contributed by atoms with E-state index in [1.54, 1.807) is 0 Å². The smallest absolute Gasteiger partial charge is 0.294 e. The Hall–Kier alpha value is -0.810. The van der Waals surface area contributed by atoms with Gasteiger partial charge in [-0.25, -0.2) is 5.06 Å². The lowest BCUT2D eigenvalue weighted by Gasteiger charge is -2.15. The lowest BCUT2D eigenvalue weighted by molar-refractivity contribution is -0.0774. The molecular formula is C11H15BrN2O2. The van der Waals surface area contributed by atoms with E-state index in [2.05, 4.69) is 22.9 Å². The van der Waals surface area contributed by atoms with Gasteiger partial charge in [0.1, 0.15) is 5.69 Å². The summed E-state index contributed by atoms with van der Waals surface area (Å²) >= 11 is 3.40. The van der Waals surface area contributed by atoms with Crippen LogP contribution in [0.4, 0.5) is 0 Å². The number of amides is 1. The van der Waals surface area contributed by atoms with Crippen LogP contribution in [0.2, 0.25) is 0 Å². The van der Waals surface area contributed by atoms with Gasteiger partial charge in [-0.1, -0.05) is 6.92 Å². The third-order valence-corrected chi connectivity index (χ3v) is 2.96. The first-order chi connectivity index (χ1) is 7.72. The zero-order valence-corrected chi connectivity index (χ0v) is 10.9. The van der Waals surface area contributed by atoms with Crippen LogP contribution in [-0.2, 0) is 11.4 Å². The second-order valence-electron chi connectivity index (χ2n) is 3.83. The quantitative estimate of drug-likeness (QED) is 0.855. The number of carbonyl (C=O) groups is 1. The van der Waals surface area contributed by atoms with Crippen molar-refractivity contribution in [1.82, 2.24) is 9.63 Å². The first-order valence-electron chi connectivity index (χ1n) is 5.53. The largest absolute Gasteiger partial charge is 0.342 e. The number of nitrogens with zero attached hydrogens (tertiary/aromatic N) is 2. The standard InChI is InChI=1S/C11H15BrN2O2/c1-2-4-13-8-9(12)7-10(13)11(15)14-5-3-6-16-14/h7-8H,2-6H2,1H3. The minimum Gasteiger partial charge on any atom is -0.342 e. The summed E-state index contributed by atoms with van der Waals surface area (Å²) in [5, 5.41) is 1.45. The highest BCUT2D eigenvalue weighted by atomic mass is 79.9. The number of halogens is 1. The van der Waals surface area contributed by atoms with Crippen LogP contribution in [0.1, 0.15) is 30.3 Å². The first-order valence-corrected chi connectivity index (χ1v) is 6.32. The summed E-state index contributed by atoms with van der Waals surface area (Å²) in [6.07, 6.45) is 3.86. The van der Waals surface area contributed by atoms with Crippen molar-refractivity contribution in [1.29, 1.82) is 0 Å². The molecule has 0 spiro atoms. The maximum Gasteiger partial charge on any atom is 0.294 e. The van der Waals surface area contributed by atoms with Gasteiger partial charge in [-0.15, -0.1) is 0 Å². The lowest BCUT2D eigenvalue weighted by Crippen LogP contribution is -2.28. The van der Waals surface area contributed by atoms with Gasteiger partial charge in [0.05, 0.1) is 13.2 Å². The minimum atomic E-state index is -0.0448. The number of hydroxylamine groups is 2. The molecule has 0 saturated carbocycles. The second kappa shape index (κ2) is 5.01. The minimum absolute atomic E-state index is 0.0448. The Balaban J connectivity index is 2.20. The molecule has 0 aliphatic carbocycles. The molecule has 1 saturated heterocycles. The van der Waals surface area contributed by atoms with Gasteiger partial charge in [-0.3, -0.25) is 9.63 Å². The summed E-state index contributed by atoms with van der Waals surface area (Å²) < 4.78 is 2.90. The normalized spacial score (nSPS) is 15.8. The maximum absolute atomic E-state index is 12.1. The van der Waals surface area contributed by atoms with E-state index in [9.17, 15) is 4.79 Å². The molecule has 1 aliphatic heterocycles. The van der Waals surface area contributed by atoms with E-state index in [4.69, 9.17) is 4.84 Å². The monoisotopic (exact) mass is 286 g/mol. The molecule has 4 nitrogen and oxygen atoms in total. The molecule has 1 aromatic rings. The molecule has 1 aromatic heterocycles. The summed E-state index contributed by atoms with van der Waals surface area (Å²) in [6.45, 7) is 4.27. The molecule has 0 N–H and O–H groups in total. The molecule has 0 atom stereocenters. The Labute approximate surface area is 103 Å². The van der Waals surface area contributed by atoms with E-state index in [1.165, 1.54) is 5.06 Å². The van der Waals surface area contributed by atoms with E-state index in [-0.39, 0.29) is 5.91 Å². The zero-order valence-electron chi connectivity index (χ0n) is 9.28. The van der Waals surface area contributed by atoms with Crippen LogP contribution in [0, 0.1) is 0 Å². The van der Waals surface area contributed by atoms with Crippen LogP contribution >= 0.6 is 15.9 Å². The highest BCUT2D eigenvalue weighted by Crippen LogP contribution is 2.18. The molecular weight excluding hydrogens is 272 g/mol. The maximum atomic E-state index is 12.1. The fourth-order valence-corrected chi connectivity index (χ4v) is 2.28. The van der Waals surface area contributed by atoms with Crippen molar-refractivity contribution in [3.8, 4) is 0 Å².